The lowest BCUT2D eigenvalue weighted by Crippen LogP contribution is -2.63. The van der Waals surface area contributed by atoms with Crippen molar-refractivity contribution in [3.8, 4) is 5.69 Å². The molecule has 0 N–H and O–H groups in total. The number of hydrogen-bond donors (Lipinski definition) is 0. The Morgan fingerprint density at radius 2 is 1.77 bits per heavy atom. The van der Waals surface area contributed by atoms with Gasteiger partial charge in [-0.1, -0.05) is 53.7 Å². The van der Waals surface area contributed by atoms with E-state index in [0.29, 0.717) is 26.1 Å². The van der Waals surface area contributed by atoms with E-state index in [1.807, 2.05) is 60.7 Å². The summed E-state index contributed by atoms with van der Waals surface area (Å²) in [4.78, 5) is 29.0. The number of rotatable bonds is 4. The molecule has 0 saturated carbocycles. The summed E-state index contributed by atoms with van der Waals surface area (Å²) in [6.45, 7) is 1.53. The molecule has 0 radical (unpaired) electrons. The fraction of sp³-hybridized carbons (Fsp3) is 0.273. The second-order valence-electron chi connectivity index (χ2n) is 7.70. The van der Waals surface area contributed by atoms with Crippen LogP contribution in [0.4, 0.5) is 4.79 Å². The minimum absolute atomic E-state index is 0.191. The molecule has 2 fully saturated rings. The third-order valence-corrected chi connectivity index (χ3v) is 5.73. The first-order valence-corrected chi connectivity index (χ1v) is 9.90. The minimum atomic E-state index is -0.568. The molecule has 3 aromatic rings. The van der Waals surface area contributed by atoms with Crippen LogP contribution in [-0.2, 0) is 11.2 Å². The van der Waals surface area contributed by atoms with Crippen LogP contribution in [0.15, 0.2) is 66.9 Å². The first-order valence-electron chi connectivity index (χ1n) is 9.90. The van der Waals surface area contributed by atoms with Gasteiger partial charge in [0.15, 0.2) is 5.69 Å². The summed E-state index contributed by atoms with van der Waals surface area (Å²) in [6, 6.07) is 19.5. The van der Waals surface area contributed by atoms with Gasteiger partial charge in [-0.2, -0.15) is 0 Å². The molecular formula is C22H21N5O3. The molecule has 2 saturated heterocycles. The highest BCUT2D eigenvalue weighted by Gasteiger charge is 2.51. The maximum atomic E-state index is 13.2. The van der Waals surface area contributed by atoms with Gasteiger partial charge in [-0.15, -0.1) is 5.10 Å². The Kier molecular flexibility index (Phi) is 4.46. The minimum Gasteiger partial charge on any atom is -0.447 e. The second kappa shape index (κ2) is 7.29. The van der Waals surface area contributed by atoms with Crippen LogP contribution in [0.5, 0.6) is 0 Å². The average molecular weight is 403 g/mol. The van der Waals surface area contributed by atoms with Gasteiger partial charge in [0.05, 0.1) is 11.9 Å². The van der Waals surface area contributed by atoms with E-state index in [0.717, 1.165) is 11.3 Å². The first-order chi connectivity index (χ1) is 14.6. The molecule has 1 atom stereocenters. The Bertz CT molecular complexity index is 1070. The summed E-state index contributed by atoms with van der Waals surface area (Å²) >= 11 is 0. The third kappa shape index (κ3) is 3.20. The number of fused-ring (bicyclic) bond motifs is 1. The Labute approximate surface area is 173 Å². The summed E-state index contributed by atoms with van der Waals surface area (Å²) in [5, 5.41) is 8.18. The molecule has 152 valence electrons. The zero-order valence-corrected chi connectivity index (χ0v) is 16.3. The summed E-state index contributed by atoms with van der Waals surface area (Å²) in [5.74, 6) is -0.191. The van der Waals surface area contributed by atoms with E-state index in [1.54, 1.807) is 20.7 Å². The molecule has 2 aliphatic heterocycles. The quantitative estimate of drug-likeness (QED) is 0.667. The van der Waals surface area contributed by atoms with Crippen molar-refractivity contribution in [1.82, 2.24) is 24.8 Å². The van der Waals surface area contributed by atoms with Gasteiger partial charge >= 0.3 is 6.09 Å². The number of hydrogen-bond acceptors (Lipinski definition) is 5. The number of aromatic nitrogens is 3. The molecule has 0 aliphatic carbocycles. The van der Waals surface area contributed by atoms with Crippen LogP contribution in [0.2, 0.25) is 0 Å². The molecule has 1 unspecified atom stereocenters. The number of ether oxygens (including phenoxy) is 1. The fourth-order valence-electron chi connectivity index (χ4n) is 4.24. The Morgan fingerprint density at radius 1 is 1.03 bits per heavy atom. The van der Waals surface area contributed by atoms with E-state index in [4.69, 9.17) is 4.74 Å². The smallest absolute Gasteiger partial charge is 0.410 e. The monoisotopic (exact) mass is 403 g/mol. The van der Waals surface area contributed by atoms with Crippen LogP contribution < -0.4 is 0 Å². The maximum absolute atomic E-state index is 13.2. The summed E-state index contributed by atoms with van der Waals surface area (Å²) in [7, 11) is 0. The van der Waals surface area contributed by atoms with Crippen molar-refractivity contribution in [3.05, 3.63) is 78.1 Å². The molecule has 8 heteroatoms. The lowest BCUT2D eigenvalue weighted by atomic mass is 9.88. The molecule has 1 aromatic heterocycles. The van der Waals surface area contributed by atoms with Gasteiger partial charge in [0, 0.05) is 26.1 Å². The van der Waals surface area contributed by atoms with E-state index in [2.05, 4.69) is 10.3 Å². The predicted molar refractivity (Wildman–Crippen MR) is 108 cm³/mol. The number of carbonyl (C=O) groups is 2. The topological polar surface area (TPSA) is 80.6 Å². The standard InChI is InChI=1S/C22H21N5O3/c28-20(19-14-27(24-23-19)18-9-5-2-6-10-18)25-11-12-26-21(29)30-16-22(26,15-25)13-17-7-3-1-4-8-17/h1-10,14H,11-13,15-16H2. The normalized spacial score (nSPS) is 20.7. The van der Waals surface area contributed by atoms with Crippen LogP contribution in [-0.4, -0.2) is 68.6 Å². The molecule has 2 amide bonds. The van der Waals surface area contributed by atoms with Crippen LogP contribution in [0.1, 0.15) is 16.1 Å². The highest BCUT2D eigenvalue weighted by Crippen LogP contribution is 2.32. The fourth-order valence-corrected chi connectivity index (χ4v) is 4.24. The van der Waals surface area contributed by atoms with Gasteiger partial charge in [0.25, 0.3) is 5.91 Å². The number of benzene rings is 2. The molecule has 2 aromatic carbocycles. The van der Waals surface area contributed by atoms with Gasteiger partial charge in [-0.25, -0.2) is 9.48 Å². The molecule has 2 aliphatic rings. The zero-order valence-electron chi connectivity index (χ0n) is 16.3. The van der Waals surface area contributed by atoms with Gasteiger partial charge < -0.3 is 9.64 Å². The Balaban J connectivity index is 1.39. The van der Waals surface area contributed by atoms with Crippen molar-refractivity contribution in [2.24, 2.45) is 0 Å². The zero-order chi connectivity index (χ0) is 20.6. The largest absolute Gasteiger partial charge is 0.447 e. The Morgan fingerprint density at radius 3 is 2.53 bits per heavy atom. The first kappa shape index (κ1) is 18.4. The molecular weight excluding hydrogens is 382 g/mol. The van der Waals surface area contributed by atoms with Gasteiger partial charge in [-0.3, -0.25) is 9.69 Å². The maximum Gasteiger partial charge on any atom is 0.410 e. The van der Waals surface area contributed by atoms with Crippen molar-refractivity contribution >= 4 is 12.0 Å². The van der Waals surface area contributed by atoms with Crippen molar-refractivity contribution < 1.29 is 14.3 Å². The van der Waals surface area contributed by atoms with Crippen molar-refractivity contribution in [2.75, 3.05) is 26.2 Å². The van der Waals surface area contributed by atoms with E-state index in [9.17, 15) is 9.59 Å². The number of nitrogens with zero attached hydrogens (tertiary/aromatic N) is 5. The van der Waals surface area contributed by atoms with E-state index >= 15 is 0 Å². The number of amides is 2. The summed E-state index contributed by atoms with van der Waals surface area (Å²) in [5.41, 5.74) is 1.66. The highest BCUT2D eigenvalue weighted by molar-refractivity contribution is 5.92. The summed E-state index contributed by atoms with van der Waals surface area (Å²) in [6.07, 6.45) is 1.96. The molecule has 3 heterocycles. The molecule has 5 rings (SSSR count). The van der Waals surface area contributed by atoms with Crippen LogP contribution in [0.3, 0.4) is 0 Å². The molecule has 8 nitrogen and oxygen atoms in total. The number of cyclic esters (lactones) is 1. The van der Waals surface area contributed by atoms with E-state index in [1.165, 1.54) is 0 Å². The number of piperazine rings is 1. The van der Waals surface area contributed by atoms with Gasteiger partial charge in [0.1, 0.15) is 12.1 Å². The predicted octanol–water partition coefficient (Wildman–Crippen LogP) is 2.16. The van der Waals surface area contributed by atoms with Crippen molar-refractivity contribution in [3.63, 3.8) is 0 Å². The molecule has 0 bridgehead atoms. The average Bonchev–Trinajstić information content (AvgIpc) is 3.40. The van der Waals surface area contributed by atoms with Crippen LogP contribution >= 0.6 is 0 Å². The number of carbonyl (C=O) groups excluding carboxylic acids is 2. The second-order valence-corrected chi connectivity index (χ2v) is 7.70. The van der Waals surface area contributed by atoms with E-state index in [-0.39, 0.29) is 24.3 Å². The van der Waals surface area contributed by atoms with Crippen LogP contribution in [0, 0.1) is 0 Å². The lowest BCUT2D eigenvalue weighted by Gasteiger charge is -2.44. The van der Waals surface area contributed by atoms with Crippen molar-refractivity contribution in [2.45, 2.75) is 12.0 Å². The van der Waals surface area contributed by atoms with Crippen molar-refractivity contribution in [1.29, 1.82) is 0 Å². The Hall–Kier alpha value is -3.68. The third-order valence-electron chi connectivity index (χ3n) is 5.73. The SMILES string of the molecule is O=C(c1cn(-c2ccccc2)nn1)N1CCN2C(=O)OCC2(Cc2ccccc2)C1. The van der Waals surface area contributed by atoms with Gasteiger partial charge in [0.2, 0.25) is 0 Å². The molecule has 0 spiro atoms. The highest BCUT2D eigenvalue weighted by atomic mass is 16.6. The number of para-hydroxylation sites is 1. The lowest BCUT2D eigenvalue weighted by molar-refractivity contribution is 0.0371. The molecule has 30 heavy (non-hydrogen) atoms. The van der Waals surface area contributed by atoms with Crippen LogP contribution in [0.25, 0.3) is 5.69 Å². The van der Waals surface area contributed by atoms with E-state index < -0.39 is 5.54 Å². The summed E-state index contributed by atoms with van der Waals surface area (Å²) < 4.78 is 6.98. The van der Waals surface area contributed by atoms with Gasteiger partial charge in [-0.05, 0) is 17.7 Å².